The van der Waals surface area contributed by atoms with Crippen LogP contribution in [-0.4, -0.2) is 18.1 Å². The van der Waals surface area contributed by atoms with Gasteiger partial charge in [0, 0.05) is 6.61 Å². The number of aliphatic hydroxyl groups is 1. The summed E-state index contributed by atoms with van der Waals surface area (Å²) in [4.78, 5) is 0. The lowest BCUT2D eigenvalue weighted by Crippen LogP contribution is -2.29. The van der Waals surface area contributed by atoms with Crippen molar-refractivity contribution >= 4 is 0 Å². The largest absolute Gasteiger partial charge is 0.527 e. The Morgan fingerprint density at radius 1 is 0.846 bits per heavy atom. The molecule has 0 amide bonds. The van der Waals surface area contributed by atoms with Crippen molar-refractivity contribution in [1.82, 2.24) is 0 Å². The summed E-state index contributed by atoms with van der Waals surface area (Å²) in [6, 6.07) is 7.21. The Balaban J connectivity index is 2.34. The molecule has 2 nitrogen and oxygen atoms in total. The second kappa shape index (κ2) is 7.63. The summed E-state index contributed by atoms with van der Waals surface area (Å²) in [7, 11) is 0. The lowest BCUT2D eigenvalue weighted by Gasteiger charge is -2.20. The number of halogens is 7. The van der Waals surface area contributed by atoms with Crippen molar-refractivity contribution in [1.29, 1.82) is 0 Å². The van der Waals surface area contributed by atoms with Crippen LogP contribution in [0.15, 0.2) is 36.4 Å². The molecule has 0 aromatic heterocycles. The molecule has 0 bridgehead atoms. The quantitative estimate of drug-likeness (QED) is 0.701. The van der Waals surface area contributed by atoms with Crippen molar-refractivity contribution in [3.8, 4) is 11.1 Å². The molecule has 0 aliphatic carbocycles. The Morgan fingerprint density at radius 2 is 1.38 bits per heavy atom. The Hall–Kier alpha value is -2.13. The van der Waals surface area contributed by atoms with Gasteiger partial charge in [-0.2, -0.15) is 8.78 Å². The monoisotopic (exact) mass is 382 g/mol. The van der Waals surface area contributed by atoms with Crippen LogP contribution in [0.1, 0.15) is 17.5 Å². The third-order valence-corrected chi connectivity index (χ3v) is 3.49. The van der Waals surface area contributed by atoms with Gasteiger partial charge in [-0.05, 0) is 41.7 Å². The van der Waals surface area contributed by atoms with Crippen LogP contribution < -0.4 is 0 Å². The van der Waals surface area contributed by atoms with Gasteiger partial charge in [0.25, 0.3) is 0 Å². The highest BCUT2D eigenvalue weighted by atomic mass is 19.4. The summed E-state index contributed by atoms with van der Waals surface area (Å²) >= 11 is 0. The fourth-order valence-corrected chi connectivity index (χ4v) is 2.36. The third kappa shape index (κ3) is 4.95. The lowest BCUT2D eigenvalue weighted by atomic mass is 10.00. The van der Waals surface area contributed by atoms with Gasteiger partial charge in [-0.15, -0.1) is 13.2 Å². The van der Waals surface area contributed by atoms with Gasteiger partial charge in [-0.1, -0.05) is 24.3 Å². The summed E-state index contributed by atoms with van der Waals surface area (Å²) in [5.74, 6) is -3.72. The molecule has 2 aromatic carbocycles. The average molecular weight is 382 g/mol. The summed E-state index contributed by atoms with van der Waals surface area (Å²) < 4.78 is 93.3. The minimum absolute atomic E-state index is 0.00611. The Kier molecular flexibility index (Phi) is 5.92. The van der Waals surface area contributed by atoms with Crippen LogP contribution in [-0.2, 0) is 17.3 Å². The van der Waals surface area contributed by atoms with Crippen molar-refractivity contribution < 1.29 is 40.6 Å². The number of benzene rings is 2. The van der Waals surface area contributed by atoms with Crippen molar-refractivity contribution in [3.63, 3.8) is 0 Å². The zero-order valence-corrected chi connectivity index (χ0v) is 13.1. The first-order valence-electron chi connectivity index (χ1n) is 7.38. The molecule has 0 fully saturated rings. The molecule has 1 N–H and O–H groups in total. The maximum Gasteiger partial charge on any atom is 0.527 e. The Labute approximate surface area is 143 Å². The van der Waals surface area contributed by atoms with Crippen LogP contribution in [0, 0.1) is 11.6 Å². The first kappa shape index (κ1) is 20.2. The van der Waals surface area contributed by atoms with E-state index in [9.17, 15) is 30.7 Å². The van der Waals surface area contributed by atoms with E-state index >= 15 is 0 Å². The summed E-state index contributed by atoms with van der Waals surface area (Å²) in [6.07, 6.45) is -9.89. The number of aryl methyl sites for hydroxylation is 1. The predicted molar refractivity (Wildman–Crippen MR) is 78.2 cm³/mol. The van der Waals surface area contributed by atoms with E-state index in [1.807, 2.05) is 0 Å². The summed E-state index contributed by atoms with van der Waals surface area (Å²) in [5.41, 5.74) is -1.12. The van der Waals surface area contributed by atoms with Crippen LogP contribution in [0.25, 0.3) is 11.1 Å². The van der Waals surface area contributed by atoms with Crippen LogP contribution in [0.5, 0.6) is 0 Å². The minimum atomic E-state index is -5.77. The van der Waals surface area contributed by atoms with Crippen LogP contribution in [0.2, 0.25) is 0 Å². The number of ether oxygens (including phenoxy) is 1. The zero-order chi connectivity index (χ0) is 19.5. The van der Waals surface area contributed by atoms with Crippen molar-refractivity contribution in [2.75, 3.05) is 6.61 Å². The summed E-state index contributed by atoms with van der Waals surface area (Å²) in [5, 5.41) is 8.76. The van der Waals surface area contributed by atoms with Crippen LogP contribution >= 0.6 is 0 Å². The van der Waals surface area contributed by atoms with E-state index in [1.165, 1.54) is 12.1 Å². The maximum atomic E-state index is 13.9. The van der Waals surface area contributed by atoms with Crippen molar-refractivity contribution in [2.24, 2.45) is 0 Å². The molecule has 0 heterocycles. The molecular formula is C17H13F7O2. The normalized spacial score (nSPS) is 12.5. The van der Waals surface area contributed by atoms with Crippen LogP contribution in [0.3, 0.4) is 0 Å². The zero-order valence-electron chi connectivity index (χ0n) is 13.1. The molecule has 0 saturated carbocycles. The second-order valence-corrected chi connectivity index (χ2v) is 5.40. The molecule has 142 valence electrons. The molecule has 0 atom stereocenters. The Morgan fingerprint density at radius 3 is 1.85 bits per heavy atom. The van der Waals surface area contributed by atoms with Gasteiger partial charge in [-0.3, -0.25) is 0 Å². The van der Waals surface area contributed by atoms with E-state index in [0.717, 1.165) is 5.56 Å². The van der Waals surface area contributed by atoms with Crippen molar-refractivity contribution in [2.45, 2.75) is 25.3 Å². The van der Waals surface area contributed by atoms with Gasteiger partial charge < -0.3 is 5.11 Å². The molecule has 2 aromatic rings. The SMILES string of the molecule is OCCCc1ccc(-c2cc(F)c(C(F)(F)OC(F)(F)F)c(F)c2)cc1. The number of hydrogen-bond acceptors (Lipinski definition) is 2. The summed E-state index contributed by atoms with van der Waals surface area (Å²) in [6.45, 7) is -0.00611. The first-order chi connectivity index (χ1) is 12.0. The van der Waals surface area contributed by atoms with Gasteiger partial charge in [-0.25, -0.2) is 13.5 Å². The van der Waals surface area contributed by atoms with Gasteiger partial charge in [0.15, 0.2) is 0 Å². The lowest BCUT2D eigenvalue weighted by molar-refractivity contribution is -0.432. The van der Waals surface area contributed by atoms with E-state index in [-0.39, 0.29) is 17.7 Å². The van der Waals surface area contributed by atoms with Gasteiger partial charge in [0.1, 0.15) is 17.2 Å². The average Bonchev–Trinajstić information content (AvgIpc) is 2.50. The first-order valence-corrected chi connectivity index (χ1v) is 7.38. The molecule has 0 unspecified atom stereocenters. The number of rotatable bonds is 6. The van der Waals surface area contributed by atoms with E-state index in [0.29, 0.717) is 25.0 Å². The molecule has 0 saturated heterocycles. The highest BCUT2D eigenvalue weighted by molar-refractivity contribution is 5.64. The maximum absolute atomic E-state index is 13.9. The molecule has 0 aliphatic heterocycles. The fraction of sp³-hybridized carbons (Fsp3) is 0.294. The number of alkyl halides is 5. The topological polar surface area (TPSA) is 29.5 Å². The van der Waals surface area contributed by atoms with E-state index < -0.39 is 29.7 Å². The van der Waals surface area contributed by atoms with Crippen molar-refractivity contribution in [3.05, 3.63) is 59.2 Å². The fourth-order valence-electron chi connectivity index (χ4n) is 2.36. The van der Waals surface area contributed by atoms with E-state index in [4.69, 9.17) is 5.11 Å². The minimum Gasteiger partial charge on any atom is -0.396 e. The molecule has 26 heavy (non-hydrogen) atoms. The molecular weight excluding hydrogens is 369 g/mol. The van der Waals surface area contributed by atoms with Crippen LogP contribution in [0.4, 0.5) is 30.7 Å². The highest BCUT2D eigenvalue weighted by Crippen LogP contribution is 2.40. The van der Waals surface area contributed by atoms with Gasteiger partial charge >= 0.3 is 12.5 Å². The smallest absolute Gasteiger partial charge is 0.396 e. The van der Waals surface area contributed by atoms with Gasteiger partial charge in [0.05, 0.1) is 0 Å². The predicted octanol–water partition coefficient (Wildman–Crippen LogP) is 5.14. The van der Waals surface area contributed by atoms with E-state index in [1.54, 1.807) is 12.1 Å². The Bertz CT molecular complexity index is 732. The standard InChI is InChI=1S/C17H13F7O2/c18-13-8-12(11-5-3-10(4-6-11)2-1-7-25)9-14(19)15(13)16(20,21)26-17(22,23)24/h3-6,8-9,25H,1-2,7H2. The third-order valence-electron chi connectivity index (χ3n) is 3.49. The molecule has 2 rings (SSSR count). The molecule has 9 heteroatoms. The second-order valence-electron chi connectivity index (χ2n) is 5.40. The highest BCUT2D eigenvalue weighted by Gasteiger charge is 2.49. The molecule has 0 spiro atoms. The van der Waals surface area contributed by atoms with Gasteiger partial charge in [0.2, 0.25) is 0 Å². The number of aliphatic hydroxyl groups excluding tert-OH is 1. The molecule has 0 radical (unpaired) electrons. The van der Waals surface area contributed by atoms with E-state index in [2.05, 4.69) is 4.74 Å². The molecule has 0 aliphatic rings. The number of hydrogen-bond donors (Lipinski definition) is 1.